The second-order valence-corrected chi connectivity index (χ2v) is 7.72. The van der Waals surface area contributed by atoms with Gasteiger partial charge in [0.1, 0.15) is 17.9 Å². The van der Waals surface area contributed by atoms with Crippen LogP contribution >= 0.6 is 0 Å². The van der Waals surface area contributed by atoms with E-state index < -0.39 is 5.97 Å². The molecule has 0 saturated carbocycles. The first-order chi connectivity index (χ1) is 16.1. The average molecular weight is 438 g/mol. The van der Waals surface area contributed by atoms with E-state index in [9.17, 15) is 9.90 Å². The molecule has 5 rings (SSSR count). The number of hydrogen-bond acceptors (Lipinski definition) is 5. The Labute approximate surface area is 190 Å². The number of aromatic nitrogens is 3. The fourth-order valence-electron chi connectivity index (χ4n) is 4.08. The van der Waals surface area contributed by atoms with Crippen molar-refractivity contribution < 1.29 is 14.6 Å². The van der Waals surface area contributed by atoms with E-state index in [4.69, 9.17) is 4.74 Å². The second kappa shape index (κ2) is 8.63. The first-order valence-corrected chi connectivity index (χ1v) is 10.6. The molecule has 7 nitrogen and oxygen atoms in total. The summed E-state index contributed by atoms with van der Waals surface area (Å²) in [6, 6.07) is 21.2. The summed E-state index contributed by atoms with van der Waals surface area (Å²) in [5, 5.41) is 15.9. The van der Waals surface area contributed by atoms with E-state index in [2.05, 4.69) is 38.5 Å². The third-order valence-corrected chi connectivity index (χ3v) is 5.71. The molecule has 0 saturated heterocycles. The summed E-state index contributed by atoms with van der Waals surface area (Å²) in [5.74, 6) is 0.631. The Bertz CT molecular complexity index is 1480. The number of rotatable bonds is 7. The molecular weight excluding hydrogens is 416 g/mol. The number of carbonyl (C=O) groups is 1. The third kappa shape index (κ3) is 4.08. The number of benzene rings is 3. The molecule has 0 aliphatic carbocycles. The van der Waals surface area contributed by atoms with Gasteiger partial charge in [0, 0.05) is 29.1 Å². The summed E-state index contributed by atoms with van der Waals surface area (Å²) < 4.78 is 5.59. The van der Waals surface area contributed by atoms with Gasteiger partial charge in [-0.15, -0.1) is 0 Å². The van der Waals surface area contributed by atoms with Crippen molar-refractivity contribution >= 4 is 33.5 Å². The van der Waals surface area contributed by atoms with Crippen LogP contribution in [0.15, 0.2) is 73.1 Å². The molecule has 33 heavy (non-hydrogen) atoms. The fraction of sp³-hybridized carbons (Fsp3) is 0.115. The molecule has 0 unspecified atom stereocenters. The van der Waals surface area contributed by atoms with Crippen LogP contribution in [0.1, 0.15) is 15.9 Å². The lowest BCUT2D eigenvalue weighted by atomic mass is 10.0. The monoisotopic (exact) mass is 438 g/mol. The van der Waals surface area contributed by atoms with E-state index in [-0.39, 0.29) is 5.56 Å². The molecule has 0 aliphatic rings. The van der Waals surface area contributed by atoms with Crippen LogP contribution in [0.5, 0.6) is 5.75 Å². The van der Waals surface area contributed by atoms with Crippen molar-refractivity contribution in [3.05, 3.63) is 84.2 Å². The third-order valence-electron chi connectivity index (χ3n) is 5.71. The summed E-state index contributed by atoms with van der Waals surface area (Å²) in [6.45, 7) is 0.676. The fourth-order valence-corrected chi connectivity index (χ4v) is 4.08. The molecule has 164 valence electrons. The van der Waals surface area contributed by atoms with Gasteiger partial charge in [-0.05, 0) is 41.5 Å². The van der Waals surface area contributed by atoms with E-state index in [0.717, 1.165) is 40.0 Å². The summed E-state index contributed by atoms with van der Waals surface area (Å²) in [7, 11) is 1.69. The summed E-state index contributed by atoms with van der Waals surface area (Å²) in [4.78, 5) is 23.2. The summed E-state index contributed by atoms with van der Waals surface area (Å²) in [6.07, 6.45) is 2.29. The zero-order chi connectivity index (χ0) is 22.8. The Morgan fingerprint density at radius 3 is 2.73 bits per heavy atom. The molecule has 0 bridgehead atoms. The molecule has 0 spiro atoms. The van der Waals surface area contributed by atoms with Gasteiger partial charge in [0.05, 0.1) is 24.1 Å². The Kier molecular flexibility index (Phi) is 5.36. The number of ether oxygens (including phenoxy) is 1. The number of carboxylic acid groups (broad SMARTS) is 1. The lowest BCUT2D eigenvalue weighted by molar-refractivity contribution is 0.0697. The van der Waals surface area contributed by atoms with Crippen molar-refractivity contribution in [3.8, 4) is 17.1 Å². The van der Waals surface area contributed by atoms with Crippen molar-refractivity contribution in [1.82, 2.24) is 15.0 Å². The van der Waals surface area contributed by atoms with Crippen LogP contribution in [0, 0.1) is 0 Å². The molecule has 3 aromatic carbocycles. The van der Waals surface area contributed by atoms with Gasteiger partial charge >= 0.3 is 5.97 Å². The molecule has 0 fully saturated rings. The quantitative estimate of drug-likeness (QED) is 0.325. The molecule has 5 aromatic rings. The van der Waals surface area contributed by atoms with Crippen LogP contribution in [-0.2, 0) is 6.42 Å². The molecular formula is C26H22N4O3. The first-order valence-electron chi connectivity index (χ1n) is 10.6. The van der Waals surface area contributed by atoms with Crippen LogP contribution < -0.4 is 10.1 Å². The van der Waals surface area contributed by atoms with E-state index in [1.807, 2.05) is 30.3 Å². The molecule has 0 aliphatic heterocycles. The number of anilines is 1. The lowest BCUT2D eigenvalue weighted by Crippen LogP contribution is -2.08. The number of methoxy groups -OCH3 is 1. The summed E-state index contributed by atoms with van der Waals surface area (Å²) >= 11 is 0. The predicted octanol–water partition coefficient (Wildman–Crippen LogP) is 5.14. The minimum absolute atomic E-state index is 0.241. The number of aromatic carboxylic acids is 1. The normalized spacial score (nSPS) is 11.1. The number of nitrogens with zero attached hydrogens (tertiary/aromatic N) is 2. The molecule has 2 aromatic heterocycles. The highest BCUT2D eigenvalue weighted by molar-refractivity contribution is 5.94. The summed E-state index contributed by atoms with van der Waals surface area (Å²) in [5.41, 5.74) is 3.67. The van der Waals surface area contributed by atoms with E-state index in [0.29, 0.717) is 12.4 Å². The number of carboxylic acids is 1. The van der Waals surface area contributed by atoms with E-state index >= 15 is 0 Å². The molecule has 0 radical (unpaired) electrons. The van der Waals surface area contributed by atoms with Gasteiger partial charge in [0.15, 0.2) is 0 Å². The maximum absolute atomic E-state index is 11.2. The van der Waals surface area contributed by atoms with Gasteiger partial charge < -0.3 is 20.1 Å². The van der Waals surface area contributed by atoms with Crippen molar-refractivity contribution in [2.45, 2.75) is 6.42 Å². The molecule has 2 heterocycles. The number of aromatic amines is 1. The smallest absolute Gasteiger partial charge is 0.335 e. The number of H-pyrrole nitrogens is 1. The van der Waals surface area contributed by atoms with Crippen molar-refractivity contribution in [2.75, 3.05) is 19.0 Å². The van der Waals surface area contributed by atoms with Gasteiger partial charge in [-0.3, -0.25) is 0 Å². The minimum atomic E-state index is -0.954. The highest BCUT2D eigenvalue weighted by atomic mass is 16.5. The van der Waals surface area contributed by atoms with Gasteiger partial charge in [-0.1, -0.05) is 36.4 Å². The minimum Gasteiger partial charge on any atom is -0.496 e. The average Bonchev–Trinajstić information content (AvgIpc) is 3.28. The van der Waals surface area contributed by atoms with Gasteiger partial charge in [0.2, 0.25) is 0 Å². The van der Waals surface area contributed by atoms with E-state index in [1.54, 1.807) is 25.3 Å². The van der Waals surface area contributed by atoms with Crippen LogP contribution in [0.2, 0.25) is 0 Å². The van der Waals surface area contributed by atoms with Crippen LogP contribution in [0.3, 0.4) is 0 Å². The number of fused-ring (bicyclic) bond motifs is 2. The zero-order valence-electron chi connectivity index (χ0n) is 18.0. The Hall–Kier alpha value is -4.39. The van der Waals surface area contributed by atoms with Crippen LogP contribution in [0.25, 0.3) is 33.1 Å². The highest BCUT2D eigenvalue weighted by Gasteiger charge is 2.11. The Morgan fingerprint density at radius 2 is 1.88 bits per heavy atom. The van der Waals surface area contributed by atoms with Crippen LogP contribution in [0.4, 0.5) is 5.82 Å². The molecule has 7 heteroatoms. The molecule has 0 atom stereocenters. The van der Waals surface area contributed by atoms with Crippen molar-refractivity contribution in [1.29, 1.82) is 0 Å². The maximum Gasteiger partial charge on any atom is 0.335 e. The SMILES string of the molecule is COc1ccc2ccccc2c1CCNc1cc(-c2cc3ccc(C(=O)O)cc3[nH]2)ncn1. The number of hydrogen-bond donors (Lipinski definition) is 3. The zero-order valence-corrected chi connectivity index (χ0v) is 18.0. The van der Waals surface area contributed by atoms with E-state index in [1.165, 1.54) is 17.1 Å². The molecule has 3 N–H and O–H groups in total. The Morgan fingerprint density at radius 1 is 1.03 bits per heavy atom. The second-order valence-electron chi connectivity index (χ2n) is 7.72. The standard InChI is InChI=1S/C26H22N4O3/c1-33-24-9-8-16-4-2-3-5-19(16)20(24)10-11-27-25-14-22(28-15-29-25)23-12-17-6-7-18(26(31)32)13-21(17)30-23/h2-9,12-15,30H,10-11H2,1H3,(H,31,32)(H,27,28,29). The Balaban J connectivity index is 1.35. The maximum atomic E-state index is 11.2. The predicted molar refractivity (Wildman–Crippen MR) is 129 cm³/mol. The van der Waals surface area contributed by atoms with Crippen molar-refractivity contribution in [3.63, 3.8) is 0 Å². The van der Waals surface area contributed by atoms with Crippen molar-refractivity contribution in [2.24, 2.45) is 0 Å². The lowest BCUT2D eigenvalue weighted by Gasteiger charge is -2.13. The van der Waals surface area contributed by atoms with Crippen LogP contribution in [-0.4, -0.2) is 39.7 Å². The van der Waals surface area contributed by atoms with Gasteiger partial charge in [-0.2, -0.15) is 0 Å². The first kappa shape index (κ1) is 20.5. The number of nitrogens with one attached hydrogen (secondary N) is 2. The molecule has 0 amide bonds. The van der Waals surface area contributed by atoms with Gasteiger partial charge in [0.25, 0.3) is 0 Å². The topological polar surface area (TPSA) is 100 Å². The van der Waals surface area contributed by atoms with Gasteiger partial charge in [-0.25, -0.2) is 14.8 Å². The highest BCUT2D eigenvalue weighted by Crippen LogP contribution is 2.29. The largest absolute Gasteiger partial charge is 0.496 e.